The number of carbonyl (C=O) groups is 1. The molecule has 5 heteroatoms. The van der Waals surface area contributed by atoms with Crippen molar-refractivity contribution in [1.29, 1.82) is 0 Å². The number of nitrogens with zero attached hydrogens (tertiary/aromatic N) is 2. The third-order valence-electron chi connectivity index (χ3n) is 3.16. The van der Waals surface area contributed by atoms with Gasteiger partial charge >= 0.3 is 5.97 Å². The van der Waals surface area contributed by atoms with Gasteiger partial charge in [-0.1, -0.05) is 24.3 Å². The molecule has 23 heavy (non-hydrogen) atoms. The molecule has 0 atom stereocenters. The van der Waals surface area contributed by atoms with E-state index in [1.54, 1.807) is 25.2 Å². The Morgan fingerprint density at radius 2 is 2.13 bits per heavy atom. The Balaban J connectivity index is 2.12. The lowest BCUT2D eigenvalue weighted by atomic mass is 10.3. The fraction of sp³-hybridized carbons (Fsp3) is 0.222. The maximum Gasteiger partial charge on any atom is 0.336 e. The molecule has 0 unspecified atom stereocenters. The fourth-order valence-electron chi connectivity index (χ4n) is 2.14. The van der Waals surface area contributed by atoms with Crippen LogP contribution in [0.3, 0.4) is 0 Å². The van der Waals surface area contributed by atoms with E-state index in [0.717, 1.165) is 18.0 Å². The number of allylic oxidation sites excluding steroid dienone is 4. The van der Waals surface area contributed by atoms with Crippen molar-refractivity contribution in [2.24, 2.45) is 0 Å². The molecule has 1 aromatic carbocycles. The number of esters is 1. The predicted octanol–water partition coefficient (Wildman–Crippen LogP) is 3.67. The summed E-state index contributed by atoms with van der Waals surface area (Å²) >= 11 is 0. The summed E-state index contributed by atoms with van der Waals surface area (Å²) < 4.78 is 10.6. The lowest BCUT2D eigenvalue weighted by molar-refractivity contribution is -0.138. The van der Waals surface area contributed by atoms with Gasteiger partial charge in [-0.05, 0) is 38.1 Å². The molecule has 0 N–H and O–H groups in total. The maximum absolute atomic E-state index is 11.5. The predicted molar refractivity (Wildman–Crippen MR) is 88.6 cm³/mol. The molecule has 0 radical (unpaired) electrons. The molecule has 0 saturated carbocycles. The molecule has 0 bridgehead atoms. The minimum Gasteiger partial charge on any atom is -0.471 e. The molecule has 118 valence electrons. The largest absolute Gasteiger partial charge is 0.471 e. The third-order valence-corrected chi connectivity index (χ3v) is 3.16. The monoisotopic (exact) mass is 310 g/mol. The van der Waals surface area contributed by atoms with Crippen molar-refractivity contribution < 1.29 is 14.3 Å². The summed E-state index contributed by atoms with van der Waals surface area (Å²) in [6.45, 7) is 11.8. The second-order valence-corrected chi connectivity index (χ2v) is 4.59. The van der Waals surface area contributed by atoms with Gasteiger partial charge in [0, 0.05) is 6.54 Å². The molecular weight excluding hydrogens is 292 g/mol. The fourth-order valence-corrected chi connectivity index (χ4v) is 2.14. The van der Waals surface area contributed by atoms with E-state index in [1.165, 1.54) is 6.08 Å². The highest BCUT2D eigenvalue weighted by Gasteiger charge is 2.23. The molecule has 1 aliphatic rings. The molecular formula is C18H18N2O3. The second-order valence-electron chi connectivity index (χ2n) is 4.59. The molecule has 2 rings (SSSR count). The highest BCUT2D eigenvalue weighted by molar-refractivity contribution is 5.90. The van der Waals surface area contributed by atoms with Crippen LogP contribution < -0.4 is 9.64 Å². The lowest BCUT2D eigenvalue weighted by Crippen LogP contribution is -2.18. The molecule has 0 spiro atoms. The van der Waals surface area contributed by atoms with E-state index in [-0.39, 0.29) is 12.3 Å². The van der Waals surface area contributed by atoms with E-state index in [2.05, 4.69) is 4.85 Å². The van der Waals surface area contributed by atoms with Crippen LogP contribution in [0.15, 0.2) is 60.1 Å². The zero-order chi connectivity index (χ0) is 16.7. The Morgan fingerprint density at radius 1 is 1.35 bits per heavy atom. The van der Waals surface area contributed by atoms with Crippen molar-refractivity contribution in [3.8, 4) is 5.75 Å². The average Bonchev–Trinajstić information content (AvgIpc) is 2.92. The standard InChI is InChI=1S/C18H18N2O3/c1-4-20-15-11-7-8-12-16(15)23-17(20)13-9-6-10-14(19-3)18(21)22-5-2/h6-13H,4-5H2,1-2H3/b9-6+,14-10-,17-13-. The van der Waals surface area contributed by atoms with Crippen molar-refractivity contribution in [3.05, 3.63) is 71.6 Å². The molecule has 1 aliphatic heterocycles. The summed E-state index contributed by atoms with van der Waals surface area (Å²) in [7, 11) is 0. The summed E-state index contributed by atoms with van der Waals surface area (Å²) in [4.78, 5) is 16.7. The Kier molecular flexibility index (Phi) is 5.59. The summed E-state index contributed by atoms with van der Waals surface area (Å²) in [6, 6.07) is 7.81. The van der Waals surface area contributed by atoms with E-state index >= 15 is 0 Å². The number of fused-ring (bicyclic) bond motifs is 1. The normalized spacial score (nSPS) is 15.4. The minimum atomic E-state index is -0.612. The van der Waals surface area contributed by atoms with Crippen LogP contribution in [0, 0.1) is 6.57 Å². The van der Waals surface area contributed by atoms with Crippen LogP contribution in [-0.2, 0) is 9.53 Å². The zero-order valence-corrected chi connectivity index (χ0v) is 13.2. The summed E-state index contributed by atoms with van der Waals surface area (Å²) in [6.07, 6.45) is 6.58. The Morgan fingerprint density at radius 3 is 2.83 bits per heavy atom. The average molecular weight is 310 g/mol. The number of rotatable bonds is 5. The zero-order valence-electron chi connectivity index (χ0n) is 13.2. The molecule has 1 aromatic rings. The molecule has 0 aliphatic carbocycles. The number of ether oxygens (including phenoxy) is 2. The number of benzene rings is 1. The van der Waals surface area contributed by atoms with Crippen molar-refractivity contribution in [3.63, 3.8) is 0 Å². The highest BCUT2D eigenvalue weighted by atomic mass is 16.5. The first-order valence-corrected chi connectivity index (χ1v) is 7.38. The van der Waals surface area contributed by atoms with Gasteiger partial charge in [0.1, 0.15) is 0 Å². The molecule has 5 nitrogen and oxygen atoms in total. The third kappa shape index (κ3) is 3.80. The first kappa shape index (κ1) is 16.4. The molecule has 0 saturated heterocycles. The van der Waals surface area contributed by atoms with Gasteiger partial charge in [-0.3, -0.25) is 4.79 Å². The van der Waals surface area contributed by atoms with E-state index in [1.807, 2.05) is 36.1 Å². The van der Waals surface area contributed by atoms with Gasteiger partial charge in [-0.15, -0.1) is 0 Å². The van der Waals surface area contributed by atoms with Crippen LogP contribution in [0.5, 0.6) is 5.75 Å². The minimum absolute atomic E-state index is 0.0514. The van der Waals surface area contributed by atoms with Crippen LogP contribution in [0.1, 0.15) is 13.8 Å². The number of para-hydroxylation sites is 2. The van der Waals surface area contributed by atoms with Crippen LogP contribution in [-0.4, -0.2) is 19.1 Å². The topological polar surface area (TPSA) is 43.1 Å². The SMILES string of the molecule is [C-]#[N+]\C(=C/C=C/C=C1\Oc2ccccc2N1CC)C(=O)OCC. The number of carbonyl (C=O) groups excluding carboxylic acids is 1. The van der Waals surface area contributed by atoms with E-state index in [4.69, 9.17) is 16.0 Å². The van der Waals surface area contributed by atoms with Gasteiger partial charge in [-0.2, -0.15) is 0 Å². The molecule has 1 heterocycles. The van der Waals surface area contributed by atoms with Crippen LogP contribution >= 0.6 is 0 Å². The van der Waals surface area contributed by atoms with Crippen molar-refractivity contribution in [2.45, 2.75) is 13.8 Å². The lowest BCUT2D eigenvalue weighted by Gasteiger charge is -2.14. The summed E-state index contributed by atoms with van der Waals surface area (Å²) in [5, 5.41) is 0. The number of hydrogen-bond donors (Lipinski definition) is 0. The van der Waals surface area contributed by atoms with Gasteiger partial charge < -0.3 is 14.4 Å². The first-order valence-electron chi connectivity index (χ1n) is 7.38. The molecule has 0 fully saturated rings. The summed E-state index contributed by atoms with van der Waals surface area (Å²) in [5.74, 6) is 0.913. The first-order chi connectivity index (χ1) is 11.2. The van der Waals surface area contributed by atoms with Crippen molar-refractivity contribution in [2.75, 3.05) is 18.1 Å². The van der Waals surface area contributed by atoms with Crippen LogP contribution in [0.25, 0.3) is 4.85 Å². The maximum atomic E-state index is 11.5. The number of hydrogen-bond acceptors (Lipinski definition) is 4. The van der Waals surface area contributed by atoms with Gasteiger partial charge in [0.2, 0.25) is 5.88 Å². The second kappa shape index (κ2) is 7.85. The quantitative estimate of drug-likeness (QED) is 0.360. The van der Waals surface area contributed by atoms with E-state index in [9.17, 15) is 4.79 Å². The Labute approximate surface area is 135 Å². The molecule has 0 aromatic heterocycles. The smallest absolute Gasteiger partial charge is 0.336 e. The highest BCUT2D eigenvalue weighted by Crippen LogP contribution is 2.38. The van der Waals surface area contributed by atoms with Gasteiger partial charge in [-0.25, -0.2) is 4.85 Å². The summed E-state index contributed by atoms with van der Waals surface area (Å²) in [5.41, 5.74) is 0.975. The van der Waals surface area contributed by atoms with Gasteiger partial charge in [0.15, 0.2) is 5.75 Å². The van der Waals surface area contributed by atoms with Gasteiger partial charge in [0.05, 0.1) is 18.9 Å². The van der Waals surface area contributed by atoms with Crippen molar-refractivity contribution in [1.82, 2.24) is 0 Å². The van der Waals surface area contributed by atoms with Gasteiger partial charge in [0.25, 0.3) is 5.70 Å². The number of anilines is 1. The van der Waals surface area contributed by atoms with E-state index in [0.29, 0.717) is 5.88 Å². The van der Waals surface area contributed by atoms with Crippen LogP contribution in [0.2, 0.25) is 0 Å². The Bertz CT molecular complexity index is 711. The van der Waals surface area contributed by atoms with E-state index < -0.39 is 5.97 Å². The van der Waals surface area contributed by atoms with Crippen LogP contribution in [0.4, 0.5) is 5.69 Å². The Hall–Kier alpha value is -3.00. The van der Waals surface area contributed by atoms with Crippen molar-refractivity contribution >= 4 is 11.7 Å². The molecule has 0 amide bonds.